The van der Waals surface area contributed by atoms with Gasteiger partial charge in [0.15, 0.2) is 0 Å². The van der Waals surface area contributed by atoms with Crippen LogP contribution in [0, 0.1) is 17.8 Å². The first-order chi connectivity index (χ1) is 5.42. The number of rotatable bonds is 3. The fourth-order valence-corrected chi connectivity index (χ4v) is 2.97. The Morgan fingerprint density at radius 2 is 2.17 bits per heavy atom. The van der Waals surface area contributed by atoms with Crippen LogP contribution in [0.25, 0.3) is 0 Å². The molecule has 0 aromatic heterocycles. The van der Waals surface area contributed by atoms with Crippen LogP contribution in [0.5, 0.6) is 0 Å². The van der Waals surface area contributed by atoms with Gasteiger partial charge in [0.05, 0.1) is 0 Å². The minimum atomic E-state index is 0.0487. The zero-order chi connectivity index (χ0) is 9.52. The van der Waals surface area contributed by atoms with E-state index >= 15 is 0 Å². The minimum absolute atomic E-state index is 0.0487. The molecule has 0 bridgehead atoms. The van der Waals surface area contributed by atoms with Gasteiger partial charge in [0, 0.05) is 4.87 Å². The Hall–Kier alpha value is 0.0300. The van der Waals surface area contributed by atoms with E-state index in [1.807, 2.05) is 0 Å². The molecule has 0 nitrogen and oxygen atoms in total. The average Bonchev–Trinajstić information content (AvgIpc) is 2.50. The number of alkyl halides is 1. The maximum Gasteiger partial charge on any atom is 0.0487 e. The summed E-state index contributed by atoms with van der Waals surface area (Å²) in [6.45, 7) is 12.7. The van der Waals surface area contributed by atoms with E-state index in [-0.39, 0.29) is 4.87 Å². The van der Waals surface area contributed by atoms with Gasteiger partial charge in [0.2, 0.25) is 0 Å². The summed E-state index contributed by atoms with van der Waals surface area (Å²) in [6, 6.07) is 0. The molecule has 0 aromatic carbocycles. The van der Waals surface area contributed by atoms with Crippen LogP contribution in [0.2, 0.25) is 0 Å². The van der Waals surface area contributed by atoms with Crippen LogP contribution in [0.15, 0.2) is 12.2 Å². The molecule has 0 amide bonds. The Kier molecular flexibility index (Phi) is 2.58. The van der Waals surface area contributed by atoms with Crippen LogP contribution in [0.1, 0.15) is 34.1 Å². The SMILES string of the molecule is C=C(C)C(C)C1C(CC)C1(C)Cl. The van der Waals surface area contributed by atoms with Gasteiger partial charge in [-0.2, -0.15) is 0 Å². The van der Waals surface area contributed by atoms with Gasteiger partial charge in [-0.3, -0.25) is 0 Å². The lowest BCUT2D eigenvalue weighted by molar-refractivity contribution is 0.530. The molecule has 1 heteroatoms. The van der Waals surface area contributed by atoms with Crippen LogP contribution in [-0.2, 0) is 0 Å². The van der Waals surface area contributed by atoms with E-state index in [0.717, 1.165) is 0 Å². The Labute approximate surface area is 81.0 Å². The molecular weight excluding hydrogens is 168 g/mol. The molecule has 0 N–H and O–H groups in total. The molecule has 1 rings (SSSR count). The molecule has 0 heterocycles. The maximum atomic E-state index is 6.37. The predicted octanol–water partition coefficient (Wildman–Crippen LogP) is 3.85. The van der Waals surface area contributed by atoms with Crippen molar-refractivity contribution in [3.63, 3.8) is 0 Å². The van der Waals surface area contributed by atoms with E-state index < -0.39 is 0 Å². The van der Waals surface area contributed by atoms with Gasteiger partial charge < -0.3 is 0 Å². The van der Waals surface area contributed by atoms with Gasteiger partial charge in [-0.05, 0) is 31.6 Å². The fraction of sp³-hybridized carbons (Fsp3) is 0.818. The van der Waals surface area contributed by atoms with E-state index in [2.05, 4.69) is 34.3 Å². The van der Waals surface area contributed by atoms with Crippen molar-refractivity contribution < 1.29 is 0 Å². The highest BCUT2D eigenvalue weighted by Crippen LogP contribution is 2.61. The quantitative estimate of drug-likeness (QED) is 0.464. The summed E-state index contributed by atoms with van der Waals surface area (Å²) >= 11 is 6.37. The average molecular weight is 187 g/mol. The second-order valence-electron chi connectivity index (χ2n) is 4.33. The zero-order valence-electron chi connectivity index (χ0n) is 8.52. The van der Waals surface area contributed by atoms with Crippen molar-refractivity contribution in [2.24, 2.45) is 17.8 Å². The summed E-state index contributed by atoms with van der Waals surface area (Å²) in [5, 5.41) is 0. The Morgan fingerprint density at radius 1 is 1.67 bits per heavy atom. The molecular formula is C11H19Cl. The summed E-state index contributed by atoms with van der Waals surface area (Å²) < 4.78 is 0. The topological polar surface area (TPSA) is 0 Å². The monoisotopic (exact) mass is 186 g/mol. The van der Waals surface area contributed by atoms with Gasteiger partial charge in [-0.1, -0.05) is 32.4 Å². The molecule has 1 fully saturated rings. The standard InChI is InChI=1S/C11H19Cl/c1-6-9-10(11(9,5)12)8(4)7(2)3/h8-10H,2,6H2,1,3-5H3. The highest BCUT2D eigenvalue weighted by molar-refractivity contribution is 6.26. The minimum Gasteiger partial charge on any atom is -0.119 e. The van der Waals surface area contributed by atoms with Gasteiger partial charge in [0.25, 0.3) is 0 Å². The second kappa shape index (κ2) is 3.06. The molecule has 1 aliphatic carbocycles. The highest BCUT2D eigenvalue weighted by atomic mass is 35.5. The van der Waals surface area contributed by atoms with Crippen molar-refractivity contribution in [3.05, 3.63) is 12.2 Å². The molecule has 0 aliphatic heterocycles. The summed E-state index contributed by atoms with van der Waals surface area (Å²) in [5.74, 6) is 1.94. The van der Waals surface area contributed by atoms with E-state index in [4.69, 9.17) is 11.6 Å². The lowest BCUT2D eigenvalue weighted by atomic mass is 9.96. The predicted molar refractivity (Wildman–Crippen MR) is 55.5 cm³/mol. The molecule has 0 saturated heterocycles. The lowest BCUT2D eigenvalue weighted by Crippen LogP contribution is -2.05. The van der Waals surface area contributed by atoms with Gasteiger partial charge in [0.1, 0.15) is 0 Å². The van der Waals surface area contributed by atoms with Crippen molar-refractivity contribution in [2.75, 3.05) is 0 Å². The van der Waals surface area contributed by atoms with Crippen LogP contribution < -0.4 is 0 Å². The first kappa shape index (κ1) is 10.1. The summed E-state index contributed by atoms with van der Waals surface area (Å²) in [7, 11) is 0. The third-order valence-corrected chi connectivity index (χ3v) is 3.99. The Bertz CT molecular complexity index is 193. The summed E-state index contributed by atoms with van der Waals surface area (Å²) in [4.78, 5) is 0.0487. The van der Waals surface area contributed by atoms with Crippen molar-refractivity contribution >= 4 is 11.6 Å². The smallest absolute Gasteiger partial charge is 0.0487 e. The molecule has 0 radical (unpaired) electrons. The molecule has 70 valence electrons. The highest BCUT2D eigenvalue weighted by Gasteiger charge is 2.60. The molecule has 1 saturated carbocycles. The lowest BCUT2D eigenvalue weighted by Gasteiger charge is -2.11. The summed E-state index contributed by atoms with van der Waals surface area (Å²) in [5.41, 5.74) is 1.27. The maximum absolute atomic E-state index is 6.37. The van der Waals surface area contributed by atoms with E-state index in [1.165, 1.54) is 12.0 Å². The number of hydrogen-bond acceptors (Lipinski definition) is 0. The zero-order valence-corrected chi connectivity index (χ0v) is 9.28. The van der Waals surface area contributed by atoms with E-state index in [9.17, 15) is 0 Å². The molecule has 12 heavy (non-hydrogen) atoms. The summed E-state index contributed by atoms with van der Waals surface area (Å²) in [6.07, 6.45) is 1.20. The van der Waals surface area contributed by atoms with E-state index in [0.29, 0.717) is 17.8 Å². The number of halogens is 1. The van der Waals surface area contributed by atoms with Gasteiger partial charge in [-0.25, -0.2) is 0 Å². The third kappa shape index (κ3) is 1.42. The number of hydrogen-bond donors (Lipinski definition) is 0. The number of allylic oxidation sites excluding steroid dienone is 1. The molecule has 0 aromatic rings. The normalized spacial score (nSPS) is 42.4. The van der Waals surface area contributed by atoms with Crippen LogP contribution >= 0.6 is 11.6 Å². The fourth-order valence-electron chi connectivity index (χ4n) is 2.40. The largest absolute Gasteiger partial charge is 0.119 e. The Balaban J connectivity index is 2.63. The van der Waals surface area contributed by atoms with Crippen LogP contribution in [0.4, 0.5) is 0 Å². The molecule has 4 atom stereocenters. The van der Waals surface area contributed by atoms with Gasteiger partial charge >= 0.3 is 0 Å². The third-order valence-electron chi connectivity index (χ3n) is 3.46. The van der Waals surface area contributed by atoms with Gasteiger partial charge in [-0.15, -0.1) is 11.6 Å². The van der Waals surface area contributed by atoms with Crippen molar-refractivity contribution in [2.45, 2.75) is 39.0 Å². The van der Waals surface area contributed by atoms with E-state index in [1.54, 1.807) is 0 Å². The second-order valence-corrected chi connectivity index (χ2v) is 5.14. The first-order valence-electron chi connectivity index (χ1n) is 4.77. The van der Waals surface area contributed by atoms with Crippen molar-refractivity contribution in [3.8, 4) is 0 Å². The Morgan fingerprint density at radius 3 is 2.42 bits per heavy atom. The first-order valence-corrected chi connectivity index (χ1v) is 5.15. The van der Waals surface area contributed by atoms with Crippen molar-refractivity contribution in [1.82, 2.24) is 0 Å². The van der Waals surface area contributed by atoms with Crippen molar-refractivity contribution in [1.29, 1.82) is 0 Å². The molecule has 1 aliphatic rings. The van der Waals surface area contributed by atoms with Crippen LogP contribution in [0.3, 0.4) is 0 Å². The molecule has 4 unspecified atom stereocenters. The molecule has 0 spiro atoms. The van der Waals surface area contributed by atoms with Crippen LogP contribution in [-0.4, -0.2) is 4.87 Å².